The molecule has 4 rings (SSSR count). The Morgan fingerprint density at radius 3 is 2.40 bits per heavy atom. The highest BCUT2D eigenvalue weighted by Gasteiger charge is 2.26. The van der Waals surface area contributed by atoms with Crippen molar-refractivity contribution in [2.45, 2.75) is 31.2 Å². The van der Waals surface area contributed by atoms with Crippen LogP contribution in [0.15, 0.2) is 66.0 Å². The number of nitrogens with zero attached hydrogens (tertiary/aromatic N) is 3. The molecule has 2 aromatic heterocycles. The lowest BCUT2D eigenvalue weighted by atomic mass is 10.0. The first kappa shape index (κ1) is 24.4. The highest BCUT2D eigenvalue weighted by Crippen LogP contribution is 2.37. The van der Waals surface area contributed by atoms with Crippen molar-refractivity contribution in [1.82, 2.24) is 14.8 Å². The molecule has 6 nitrogen and oxygen atoms in total. The second-order valence-corrected chi connectivity index (χ2v) is 9.36. The quantitative estimate of drug-likeness (QED) is 0.309. The standard InChI is InChI=1S/C24H20F4N4O2S/c1-2-3-12-32-14-17(15-8-10-29-11-9-15)24(30-32)22-19(27)6-7-20(23(22)28)31-35(33,34)21-13-16(25)4-5-18(21)26/h4-11,13-14,31H,2-3,12H2,1H3. The Bertz CT molecular complexity index is 1470. The zero-order valence-electron chi connectivity index (χ0n) is 18.5. The van der Waals surface area contributed by atoms with Crippen molar-refractivity contribution in [3.05, 3.63) is 84.3 Å². The number of unbranched alkanes of at least 4 members (excludes halogenated alkanes) is 1. The molecule has 4 aromatic rings. The Morgan fingerprint density at radius 2 is 1.69 bits per heavy atom. The first-order valence-electron chi connectivity index (χ1n) is 10.7. The lowest BCUT2D eigenvalue weighted by molar-refractivity contribution is 0.554. The minimum atomic E-state index is -4.73. The van der Waals surface area contributed by atoms with Gasteiger partial charge in [-0.15, -0.1) is 0 Å². The molecule has 2 heterocycles. The van der Waals surface area contributed by atoms with Gasteiger partial charge in [-0.2, -0.15) is 5.10 Å². The molecular formula is C24H20F4N4O2S. The van der Waals surface area contributed by atoms with Gasteiger partial charge in [0.25, 0.3) is 10.0 Å². The number of nitrogens with one attached hydrogen (secondary N) is 1. The summed E-state index contributed by atoms with van der Waals surface area (Å²) in [5.41, 5.74) is -0.233. The van der Waals surface area contributed by atoms with E-state index in [1.165, 1.54) is 12.4 Å². The molecule has 0 aliphatic rings. The molecule has 0 unspecified atom stereocenters. The fourth-order valence-corrected chi connectivity index (χ4v) is 4.66. The number of hydrogen-bond acceptors (Lipinski definition) is 4. The summed E-state index contributed by atoms with van der Waals surface area (Å²) >= 11 is 0. The van der Waals surface area contributed by atoms with Crippen molar-refractivity contribution < 1.29 is 26.0 Å². The van der Waals surface area contributed by atoms with Crippen LogP contribution in [-0.4, -0.2) is 23.2 Å². The van der Waals surface area contributed by atoms with Crippen molar-refractivity contribution in [2.24, 2.45) is 0 Å². The minimum absolute atomic E-state index is 0.0414. The van der Waals surface area contributed by atoms with Gasteiger partial charge < -0.3 is 0 Å². The summed E-state index contributed by atoms with van der Waals surface area (Å²) in [4.78, 5) is 2.94. The topological polar surface area (TPSA) is 76.9 Å². The number of aromatic nitrogens is 3. The molecule has 0 saturated heterocycles. The molecule has 182 valence electrons. The lowest BCUT2D eigenvalue weighted by Crippen LogP contribution is -2.16. The van der Waals surface area contributed by atoms with Gasteiger partial charge in [0.05, 0.1) is 11.3 Å². The first-order valence-corrected chi connectivity index (χ1v) is 12.1. The molecule has 0 fully saturated rings. The van der Waals surface area contributed by atoms with Gasteiger partial charge in [0, 0.05) is 30.7 Å². The molecule has 0 spiro atoms. The van der Waals surface area contributed by atoms with Crippen LogP contribution >= 0.6 is 0 Å². The minimum Gasteiger partial charge on any atom is -0.277 e. The van der Waals surface area contributed by atoms with E-state index in [0.717, 1.165) is 31.0 Å². The maximum absolute atomic E-state index is 15.6. The van der Waals surface area contributed by atoms with Gasteiger partial charge in [-0.3, -0.25) is 14.4 Å². The average molecular weight is 505 g/mol. The largest absolute Gasteiger partial charge is 0.277 e. The molecule has 2 aromatic carbocycles. The maximum atomic E-state index is 15.6. The van der Waals surface area contributed by atoms with E-state index < -0.39 is 49.4 Å². The number of sulfonamides is 1. The molecule has 0 aliphatic heterocycles. The van der Waals surface area contributed by atoms with Gasteiger partial charge in [-0.25, -0.2) is 26.0 Å². The average Bonchev–Trinajstić information content (AvgIpc) is 3.25. The Labute approximate surface area is 199 Å². The van der Waals surface area contributed by atoms with E-state index in [2.05, 4.69) is 10.1 Å². The van der Waals surface area contributed by atoms with Crippen LogP contribution in [0.3, 0.4) is 0 Å². The van der Waals surface area contributed by atoms with Crippen molar-refractivity contribution in [3.8, 4) is 22.4 Å². The van der Waals surface area contributed by atoms with Gasteiger partial charge in [-0.05, 0) is 54.4 Å². The van der Waals surface area contributed by atoms with Gasteiger partial charge in [-0.1, -0.05) is 13.3 Å². The third-order valence-electron chi connectivity index (χ3n) is 5.25. The van der Waals surface area contributed by atoms with Crippen LogP contribution in [0.25, 0.3) is 22.4 Å². The fourth-order valence-electron chi connectivity index (χ4n) is 3.51. The molecule has 11 heteroatoms. The van der Waals surface area contributed by atoms with Crippen LogP contribution in [0.1, 0.15) is 19.8 Å². The second-order valence-electron chi connectivity index (χ2n) is 7.71. The molecular weight excluding hydrogens is 484 g/mol. The van der Waals surface area contributed by atoms with E-state index in [1.54, 1.807) is 23.0 Å². The van der Waals surface area contributed by atoms with Crippen molar-refractivity contribution in [3.63, 3.8) is 0 Å². The summed E-state index contributed by atoms with van der Waals surface area (Å²) in [6, 6.07) is 6.90. The molecule has 0 saturated carbocycles. The molecule has 0 bridgehead atoms. The van der Waals surface area contributed by atoms with E-state index >= 15 is 4.39 Å². The third-order valence-corrected chi connectivity index (χ3v) is 6.63. The summed E-state index contributed by atoms with van der Waals surface area (Å²) in [7, 11) is -4.73. The lowest BCUT2D eigenvalue weighted by Gasteiger charge is -2.13. The van der Waals surface area contributed by atoms with Crippen LogP contribution in [0.5, 0.6) is 0 Å². The van der Waals surface area contributed by atoms with E-state index in [1.807, 2.05) is 11.6 Å². The third kappa shape index (κ3) is 5.04. The number of hydrogen-bond donors (Lipinski definition) is 1. The number of aryl methyl sites for hydroxylation is 1. The number of benzene rings is 2. The molecule has 1 N–H and O–H groups in total. The Morgan fingerprint density at radius 1 is 0.971 bits per heavy atom. The number of halogens is 4. The van der Waals surface area contributed by atoms with Gasteiger partial charge in [0.2, 0.25) is 0 Å². The summed E-state index contributed by atoms with van der Waals surface area (Å²) in [5.74, 6) is -4.44. The number of rotatable bonds is 8. The summed E-state index contributed by atoms with van der Waals surface area (Å²) in [5, 5.41) is 4.37. The summed E-state index contributed by atoms with van der Waals surface area (Å²) in [6.07, 6.45) is 6.34. The molecule has 0 radical (unpaired) electrons. The molecule has 0 amide bonds. The Balaban J connectivity index is 1.83. The van der Waals surface area contributed by atoms with E-state index in [9.17, 15) is 21.6 Å². The number of pyridine rings is 1. The normalized spacial score (nSPS) is 11.6. The smallest absolute Gasteiger partial charge is 0.265 e. The van der Waals surface area contributed by atoms with Crippen molar-refractivity contribution >= 4 is 15.7 Å². The molecule has 35 heavy (non-hydrogen) atoms. The Hall–Kier alpha value is -3.73. The van der Waals surface area contributed by atoms with Gasteiger partial charge in [0.1, 0.15) is 28.0 Å². The summed E-state index contributed by atoms with van der Waals surface area (Å²) in [6.45, 7) is 2.49. The van der Waals surface area contributed by atoms with Gasteiger partial charge in [0.15, 0.2) is 5.82 Å². The molecule has 0 atom stereocenters. The van der Waals surface area contributed by atoms with E-state index in [0.29, 0.717) is 29.8 Å². The van der Waals surface area contributed by atoms with Crippen LogP contribution in [0.4, 0.5) is 23.2 Å². The predicted octanol–water partition coefficient (Wildman–Crippen LogP) is 5.77. The van der Waals surface area contributed by atoms with Crippen LogP contribution in [0, 0.1) is 23.3 Å². The van der Waals surface area contributed by atoms with Crippen molar-refractivity contribution in [2.75, 3.05) is 4.72 Å². The SMILES string of the molecule is CCCCn1cc(-c2ccncc2)c(-c2c(F)ccc(NS(=O)(=O)c3cc(F)ccc3F)c2F)n1. The van der Waals surface area contributed by atoms with E-state index in [-0.39, 0.29) is 5.69 Å². The number of anilines is 1. The molecule has 0 aliphatic carbocycles. The predicted molar refractivity (Wildman–Crippen MR) is 123 cm³/mol. The van der Waals surface area contributed by atoms with Crippen molar-refractivity contribution in [1.29, 1.82) is 0 Å². The summed E-state index contributed by atoms with van der Waals surface area (Å²) < 4.78 is 86.9. The van der Waals surface area contributed by atoms with Crippen LogP contribution in [0.2, 0.25) is 0 Å². The maximum Gasteiger partial charge on any atom is 0.265 e. The highest BCUT2D eigenvalue weighted by molar-refractivity contribution is 7.92. The van der Waals surface area contributed by atoms with Gasteiger partial charge >= 0.3 is 0 Å². The van der Waals surface area contributed by atoms with Crippen LogP contribution < -0.4 is 4.72 Å². The first-order chi connectivity index (χ1) is 16.7. The highest BCUT2D eigenvalue weighted by atomic mass is 32.2. The van der Waals surface area contributed by atoms with E-state index in [4.69, 9.17) is 0 Å². The second kappa shape index (κ2) is 9.87. The fraction of sp³-hybridized carbons (Fsp3) is 0.167. The zero-order valence-corrected chi connectivity index (χ0v) is 19.3. The van der Waals surface area contributed by atoms with Crippen LogP contribution in [-0.2, 0) is 16.6 Å². The Kier molecular flexibility index (Phi) is 6.88. The monoisotopic (exact) mass is 504 g/mol. The zero-order chi connectivity index (χ0) is 25.2.